The molecule has 11 heavy (non-hydrogen) atoms. The quantitative estimate of drug-likeness (QED) is 0.548. The summed E-state index contributed by atoms with van der Waals surface area (Å²) in [6.45, 7) is 7.85. The van der Waals surface area contributed by atoms with Crippen LogP contribution in [0.5, 0.6) is 0 Å². The molecule has 1 saturated carbocycles. The van der Waals surface area contributed by atoms with Gasteiger partial charge in [-0.2, -0.15) is 0 Å². The van der Waals surface area contributed by atoms with E-state index in [0.29, 0.717) is 5.92 Å². The number of hydrogen-bond donors (Lipinski definition) is 0. The van der Waals surface area contributed by atoms with E-state index in [4.69, 9.17) is 0 Å². The van der Waals surface area contributed by atoms with E-state index >= 15 is 0 Å². The Morgan fingerprint density at radius 2 is 1.73 bits per heavy atom. The molecule has 0 aromatic heterocycles. The molecule has 1 heteroatoms. The molecule has 0 radical (unpaired) electrons. The van der Waals surface area contributed by atoms with Gasteiger partial charge >= 0.3 is 0 Å². The van der Waals surface area contributed by atoms with Gasteiger partial charge in [0.2, 0.25) is 0 Å². The largest absolute Gasteiger partial charge is 0.244 e. The summed E-state index contributed by atoms with van der Waals surface area (Å²) < 4.78 is 13.5. The average Bonchev–Trinajstić information content (AvgIpc) is 2.11. The molecule has 0 N–H and O–H groups in total. The van der Waals surface area contributed by atoms with Crippen molar-refractivity contribution in [3.8, 4) is 0 Å². The zero-order valence-corrected chi connectivity index (χ0v) is 8.02. The van der Waals surface area contributed by atoms with Crippen LogP contribution in [-0.4, -0.2) is 5.67 Å². The maximum Gasteiger partial charge on any atom is 0.108 e. The highest BCUT2D eigenvalue weighted by Gasteiger charge is 2.39. The molecular formula is C10H19F. The number of hydrogen-bond acceptors (Lipinski definition) is 0. The Balaban J connectivity index is 2.62. The molecule has 1 fully saturated rings. The third kappa shape index (κ3) is 1.74. The maximum absolute atomic E-state index is 13.5. The summed E-state index contributed by atoms with van der Waals surface area (Å²) in [6, 6.07) is 0. The molecule has 0 amide bonds. The van der Waals surface area contributed by atoms with Crippen LogP contribution in [0.15, 0.2) is 0 Å². The van der Waals surface area contributed by atoms with Crippen molar-refractivity contribution in [1.82, 2.24) is 0 Å². The Kier molecular flexibility index (Phi) is 2.27. The van der Waals surface area contributed by atoms with E-state index in [9.17, 15) is 4.39 Å². The fourth-order valence-corrected chi connectivity index (χ4v) is 2.33. The summed E-state index contributed by atoms with van der Waals surface area (Å²) in [7, 11) is 0. The maximum atomic E-state index is 13.5. The summed E-state index contributed by atoms with van der Waals surface area (Å²) in [6.07, 6.45) is 2.28. The van der Waals surface area contributed by atoms with Crippen molar-refractivity contribution in [3.05, 3.63) is 0 Å². The first kappa shape index (κ1) is 9.02. The van der Waals surface area contributed by atoms with Gasteiger partial charge in [0.25, 0.3) is 0 Å². The molecular weight excluding hydrogens is 139 g/mol. The van der Waals surface area contributed by atoms with Gasteiger partial charge in [0.1, 0.15) is 5.67 Å². The zero-order chi connectivity index (χ0) is 8.65. The van der Waals surface area contributed by atoms with Gasteiger partial charge in [-0.05, 0) is 38.0 Å². The molecule has 1 aliphatic carbocycles. The fraction of sp³-hybridized carbons (Fsp3) is 1.00. The minimum Gasteiger partial charge on any atom is -0.244 e. The van der Waals surface area contributed by atoms with E-state index in [-0.39, 0.29) is 5.92 Å². The topological polar surface area (TPSA) is 0 Å². The summed E-state index contributed by atoms with van der Waals surface area (Å²) >= 11 is 0. The first-order valence-electron chi connectivity index (χ1n) is 4.62. The Morgan fingerprint density at radius 1 is 1.18 bits per heavy atom. The summed E-state index contributed by atoms with van der Waals surface area (Å²) in [5.74, 6) is 1.57. The molecule has 0 aromatic rings. The van der Waals surface area contributed by atoms with Gasteiger partial charge in [0.05, 0.1) is 0 Å². The average molecular weight is 158 g/mol. The SMILES string of the molecule is CC1CCC(C(C)(C)F)C1C. The Bertz CT molecular complexity index is 134. The van der Waals surface area contributed by atoms with E-state index in [1.165, 1.54) is 6.42 Å². The lowest BCUT2D eigenvalue weighted by Crippen LogP contribution is -2.28. The molecule has 0 saturated heterocycles. The lowest BCUT2D eigenvalue weighted by Gasteiger charge is -2.27. The third-order valence-corrected chi connectivity index (χ3v) is 3.35. The van der Waals surface area contributed by atoms with Crippen molar-refractivity contribution in [1.29, 1.82) is 0 Å². The van der Waals surface area contributed by atoms with Crippen LogP contribution < -0.4 is 0 Å². The van der Waals surface area contributed by atoms with Gasteiger partial charge in [0.15, 0.2) is 0 Å². The van der Waals surface area contributed by atoms with Crippen molar-refractivity contribution in [2.24, 2.45) is 17.8 Å². The van der Waals surface area contributed by atoms with Crippen LogP contribution in [0.25, 0.3) is 0 Å². The second kappa shape index (κ2) is 2.76. The minimum atomic E-state index is -0.968. The van der Waals surface area contributed by atoms with E-state index in [1.54, 1.807) is 13.8 Å². The van der Waals surface area contributed by atoms with E-state index < -0.39 is 5.67 Å². The molecule has 0 aromatic carbocycles. The highest BCUT2D eigenvalue weighted by Crippen LogP contribution is 2.43. The van der Waals surface area contributed by atoms with Crippen molar-refractivity contribution in [3.63, 3.8) is 0 Å². The van der Waals surface area contributed by atoms with Crippen molar-refractivity contribution >= 4 is 0 Å². The summed E-state index contributed by atoms with van der Waals surface area (Å²) in [5.41, 5.74) is -0.968. The second-order valence-electron chi connectivity index (χ2n) is 4.58. The van der Waals surface area contributed by atoms with Gasteiger partial charge < -0.3 is 0 Å². The van der Waals surface area contributed by atoms with Gasteiger partial charge in [-0.3, -0.25) is 0 Å². The standard InChI is InChI=1S/C10H19F/c1-7-5-6-9(8(7)2)10(3,4)11/h7-9H,5-6H2,1-4H3. The van der Waals surface area contributed by atoms with Crippen molar-refractivity contribution in [2.75, 3.05) is 0 Å². The van der Waals surface area contributed by atoms with Crippen LogP contribution in [0.4, 0.5) is 4.39 Å². The molecule has 1 rings (SSSR count). The molecule has 0 bridgehead atoms. The van der Waals surface area contributed by atoms with Crippen LogP contribution >= 0.6 is 0 Å². The van der Waals surface area contributed by atoms with Crippen molar-refractivity contribution in [2.45, 2.75) is 46.2 Å². The van der Waals surface area contributed by atoms with Crippen LogP contribution in [0.2, 0.25) is 0 Å². The minimum absolute atomic E-state index is 0.289. The van der Waals surface area contributed by atoms with Crippen LogP contribution in [0.1, 0.15) is 40.5 Å². The van der Waals surface area contributed by atoms with Crippen LogP contribution in [-0.2, 0) is 0 Å². The van der Waals surface area contributed by atoms with Gasteiger partial charge in [-0.25, -0.2) is 4.39 Å². The first-order chi connectivity index (χ1) is 4.93. The molecule has 0 heterocycles. The monoisotopic (exact) mass is 158 g/mol. The van der Waals surface area contributed by atoms with Gasteiger partial charge in [-0.1, -0.05) is 20.3 Å². The summed E-state index contributed by atoms with van der Waals surface area (Å²) in [4.78, 5) is 0. The van der Waals surface area contributed by atoms with Crippen LogP contribution in [0, 0.1) is 17.8 Å². The Morgan fingerprint density at radius 3 is 1.91 bits per heavy atom. The lowest BCUT2D eigenvalue weighted by atomic mass is 9.83. The second-order valence-corrected chi connectivity index (χ2v) is 4.58. The summed E-state index contributed by atoms with van der Waals surface area (Å²) in [5, 5.41) is 0. The van der Waals surface area contributed by atoms with Gasteiger partial charge in [0, 0.05) is 0 Å². The van der Waals surface area contributed by atoms with Gasteiger partial charge in [-0.15, -0.1) is 0 Å². The number of halogens is 1. The Hall–Kier alpha value is -0.0700. The molecule has 0 aliphatic heterocycles. The number of rotatable bonds is 1. The third-order valence-electron chi connectivity index (χ3n) is 3.35. The molecule has 3 atom stereocenters. The Labute approximate surface area is 69.2 Å². The molecule has 0 spiro atoms. The normalized spacial score (nSPS) is 39.5. The molecule has 0 nitrogen and oxygen atoms in total. The first-order valence-corrected chi connectivity index (χ1v) is 4.62. The highest BCUT2D eigenvalue weighted by molar-refractivity contribution is 4.89. The van der Waals surface area contributed by atoms with Crippen LogP contribution in [0.3, 0.4) is 0 Å². The van der Waals surface area contributed by atoms with E-state index in [2.05, 4.69) is 13.8 Å². The van der Waals surface area contributed by atoms with E-state index in [0.717, 1.165) is 12.3 Å². The number of alkyl halides is 1. The fourth-order valence-electron chi connectivity index (χ4n) is 2.33. The predicted molar refractivity (Wildman–Crippen MR) is 46.2 cm³/mol. The molecule has 3 unspecified atom stereocenters. The predicted octanol–water partition coefficient (Wildman–Crippen LogP) is 3.42. The zero-order valence-electron chi connectivity index (χ0n) is 8.02. The lowest BCUT2D eigenvalue weighted by molar-refractivity contribution is 0.0938. The van der Waals surface area contributed by atoms with Crippen molar-refractivity contribution < 1.29 is 4.39 Å². The smallest absolute Gasteiger partial charge is 0.108 e. The van der Waals surface area contributed by atoms with E-state index in [1.807, 2.05) is 0 Å². The molecule has 1 aliphatic rings. The molecule has 66 valence electrons. The highest BCUT2D eigenvalue weighted by atomic mass is 19.1.